The van der Waals surface area contributed by atoms with Crippen LogP contribution in [0.4, 0.5) is 0 Å². The van der Waals surface area contributed by atoms with E-state index in [1.54, 1.807) is 0 Å². The minimum atomic E-state index is -2.60. The Morgan fingerprint density at radius 2 is 1.49 bits per heavy atom. The molecule has 0 aromatic carbocycles. The third-order valence-electron chi connectivity index (χ3n) is 5.66. The molecule has 2 aliphatic heterocycles. The Labute approximate surface area is 206 Å². The monoisotopic (exact) mass is 544 g/mol. The summed E-state index contributed by atoms with van der Waals surface area (Å²) in [7, 11) is 0. The Morgan fingerprint density at radius 1 is 0.892 bits per heavy atom. The van der Waals surface area contributed by atoms with Crippen LogP contribution < -0.4 is 0 Å². The van der Waals surface area contributed by atoms with E-state index < -0.39 is 103 Å². The minimum Gasteiger partial charge on any atom is -0.481 e. The molecule has 1 saturated heterocycles. The van der Waals surface area contributed by atoms with E-state index in [1.807, 2.05) is 0 Å². The van der Waals surface area contributed by atoms with Crippen molar-refractivity contribution in [1.82, 2.24) is 0 Å². The number of aliphatic carboxylic acids is 3. The molecule has 13 atom stereocenters. The van der Waals surface area contributed by atoms with Gasteiger partial charge in [0.15, 0.2) is 18.7 Å². The van der Waals surface area contributed by atoms with E-state index in [-0.39, 0.29) is 0 Å². The van der Waals surface area contributed by atoms with Crippen molar-refractivity contribution in [3.63, 3.8) is 0 Å². The highest BCUT2D eigenvalue weighted by molar-refractivity contribution is 5.84. The zero-order chi connectivity index (χ0) is 28.4. The van der Waals surface area contributed by atoms with Crippen molar-refractivity contribution in [3.8, 4) is 0 Å². The number of carboxylic acids is 3. The van der Waals surface area contributed by atoms with Gasteiger partial charge in [0.1, 0.15) is 48.8 Å². The van der Waals surface area contributed by atoms with Crippen molar-refractivity contribution in [1.29, 1.82) is 0 Å². The Bertz CT molecular complexity index is 862. The van der Waals surface area contributed by atoms with E-state index in [2.05, 4.69) is 4.74 Å². The van der Waals surface area contributed by atoms with Crippen molar-refractivity contribution in [3.05, 3.63) is 11.8 Å². The Balaban J connectivity index is 2.24. The van der Waals surface area contributed by atoms with E-state index in [1.165, 1.54) is 0 Å². The molecule has 18 heteroatoms. The molecule has 0 radical (unpaired) electrons. The molecule has 2 rings (SSSR count). The fourth-order valence-corrected chi connectivity index (χ4v) is 3.47. The average molecular weight is 544 g/mol. The Kier molecular flexibility index (Phi) is 10.3. The normalized spacial score (nSPS) is 36.3. The lowest BCUT2D eigenvalue weighted by Gasteiger charge is -2.41. The molecule has 0 aliphatic carbocycles. The first-order chi connectivity index (χ1) is 17.1. The van der Waals surface area contributed by atoms with Gasteiger partial charge < -0.3 is 75.1 Å². The van der Waals surface area contributed by atoms with Gasteiger partial charge in [-0.3, -0.25) is 4.79 Å². The molecule has 9 unspecified atom stereocenters. The van der Waals surface area contributed by atoms with E-state index in [0.717, 1.165) is 6.92 Å². The zero-order valence-electron chi connectivity index (χ0n) is 18.9. The van der Waals surface area contributed by atoms with Gasteiger partial charge in [0, 0.05) is 0 Å². The molecule has 0 saturated carbocycles. The maximum atomic E-state index is 11.6. The second kappa shape index (κ2) is 12.4. The third-order valence-corrected chi connectivity index (χ3v) is 5.66. The number of carboxylic acid groups (broad SMARTS) is 3. The van der Waals surface area contributed by atoms with Crippen LogP contribution in [-0.4, -0.2) is 148 Å². The summed E-state index contributed by atoms with van der Waals surface area (Å²) in [6.45, 7) is 0.951. The molecule has 2 aliphatic rings. The molecule has 37 heavy (non-hydrogen) atoms. The fourth-order valence-electron chi connectivity index (χ4n) is 3.47. The number of carbonyl (C=O) groups is 3. The Hall–Kier alpha value is -2.49. The second-order valence-electron chi connectivity index (χ2n) is 8.27. The van der Waals surface area contributed by atoms with Crippen molar-refractivity contribution in [2.75, 3.05) is 0 Å². The summed E-state index contributed by atoms with van der Waals surface area (Å²) < 4.78 is 19.5. The van der Waals surface area contributed by atoms with Gasteiger partial charge in [0.05, 0.1) is 5.92 Å². The van der Waals surface area contributed by atoms with Crippen LogP contribution >= 0.6 is 0 Å². The van der Waals surface area contributed by atoms with E-state index in [4.69, 9.17) is 19.3 Å². The van der Waals surface area contributed by atoms with Gasteiger partial charge in [-0.1, -0.05) is 0 Å². The van der Waals surface area contributed by atoms with Crippen LogP contribution in [0.1, 0.15) is 6.92 Å². The van der Waals surface area contributed by atoms with Gasteiger partial charge >= 0.3 is 17.9 Å². The summed E-state index contributed by atoms with van der Waals surface area (Å²) in [5.41, 5.74) is 0. The van der Waals surface area contributed by atoms with Gasteiger partial charge in [0.2, 0.25) is 12.0 Å². The maximum Gasteiger partial charge on any atom is 0.371 e. The van der Waals surface area contributed by atoms with Crippen LogP contribution in [0.25, 0.3) is 0 Å². The van der Waals surface area contributed by atoms with Gasteiger partial charge in [-0.05, 0) is 13.0 Å². The van der Waals surface area contributed by atoms with Crippen LogP contribution in [0.3, 0.4) is 0 Å². The molecular formula is C19H28O18. The van der Waals surface area contributed by atoms with Crippen LogP contribution in [0, 0.1) is 5.92 Å². The summed E-state index contributed by atoms with van der Waals surface area (Å²) in [6, 6.07) is 0. The first kappa shape index (κ1) is 30.7. The van der Waals surface area contributed by atoms with Gasteiger partial charge in [-0.2, -0.15) is 0 Å². The molecule has 1 fully saturated rings. The number of rotatable bonds is 11. The average Bonchev–Trinajstić information content (AvgIpc) is 2.83. The lowest BCUT2D eigenvalue weighted by molar-refractivity contribution is -0.321. The predicted octanol–water partition coefficient (Wildman–Crippen LogP) is -5.91. The lowest BCUT2D eigenvalue weighted by atomic mass is 9.95. The summed E-state index contributed by atoms with van der Waals surface area (Å²) in [6.07, 6.45) is -25.7. The van der Waals surface area contributed by atoms with E-state index >= 15 is 0 Å². The highest BCUT2D eigenvalue weighted by atomic mass is 16.7. The number of aliphatic hydroxyl groups excluding tert-OH is 8. The summed E-state index contributed by atoms with van der Waals surface area (Å²) in [5, 5.41) is 108. The molecule has 0 spiro atoms. The summed E-state index contributed by atoms with van der Waals surface area (Å²) in [5.74, 6) is -7.81. The maximum absolute atomic E-state index is 11.6. The number of hydrogen-bond acceptors (Lipinski definition) is 15. The molecule has 0 bridgehead atoms. The third kappa shape index (κ3) is 6.89. The van der Waals surface area contributed by atoms with Crippen molar-refractivity contribution >= 4 is 17.9 Å². The first-order valence-electron chi connectivity index (χ1n) is 10.6. The van der Waals surface area contributed by atoms with E-state index in [9.17, 15) is 65.4 Å². The fraction of sp³-hybridized carbons (Fsp3) is 0.737. The molecule has 0 aromatic rings. The SMILES string of the molecule is C[C@@H](C(=O)O)C(OC1OC(C(=O)O)=C[C@@H](O)C1O)C(O)C(O)[C@@H](O)O[C@H]1C(C(=O)O)OC(O)C(O)C1O. The van der Waals surface area contributed by atoms with Gasteiger partial charge in [-0.25, -0.2) is 9.59 Å². The van der Waals surface area contributed by atoms with Crippen molar-refractivity contribution in [2.24, 2.45) is 5.92 Å². The van der Waals surface area contributed by atoms with Gasteiger partial charge in [-0.15, -0.1) is 0 Å². The van der Waals surface area contributed by atoms with Crippen molar-refractivity contribution in [2.45, 2.75) is 80.7 Å². The summed E-state index contributed by atoms with van der Waals surface area (Å²) >= 11 is 0. The number of hydrogen-bond donors (Lipinski definition) is 11. The first-order valence-corrected chi connectivity index (χ1v) is 10.6. The molecule has 11 N–H and O–H groups in total. The number of ether oxygens (including phenoxy) is 4. The quantitative estimate of drug-likeness (QED) is 0.108. The molecular weight excluding hydrogens is 516 g/mol. The summed E-state index contributed by atoms with van der Waals surface area (Å²) in [4.78, 5) is 34.1. The minimum absolute atomic E-state index is 0.618. The highest BCUT2D eigenvalue weighted by Crippen LogP contribution is 2.28. The smallest absolute Gasteiger partial charge is 0.371 e. The predicted molar refractivity (Wildman–Crippen MR) is 108 cm³/mol. The molecule has 0 amide bonds. The largest absolute Gasteiger partial charge is 0.481 e. The molecule has 2 heterocycles. The number of aliphatic hydroxyl groups is 8. The topological polar surface area (TPSA) is 311 Å². The standard InChI is InChI=1S/C19H28O18/c1-3(14(26)27)11(37-19-6(21)4(20)2-5(34-19)15(28)29)7(22)9(24)17(32)35-12-8(23)10(25)18(33)36-13(12)16(30)31/h2-4,6-13,17-25,32-33H,1H3,(H,26,27)(H,28,29)(H,30,31)/t3-,4-,6?,7?,8?,9?,10?,11?,12-,13?,17+,18?,19?/m1/s1. The molecule has 212 valence electrons. The van der Waals surface area contributed by atoms with Crippen molar-refractivity contribution < 1.29 is 89.5 Å². The van der Waals surface area contributed by atoms with Crippen LogP contribution in [0.15, 0.2) is 11.8 Å². The zero-order valence-corrected chi connectivity index (χ0v) is 18.9. The Morgan fingerprint density at radius 3 is 2.00 bits per heavy atom. The van der Waals surface area contributed by atoms with Crippen LogP contribution in [0.2, 0.25) is 0 Å². The molecule has 0 aromatic heterocycles. The van der Waals surface area contributed by atoms with Crippen LogP contribution in [0.5, 0.6) is 0 Å². The van der Waals surface area contributed by atoms with E-state index in [0.29, 0.717) is 6.08 Å². The van der Waals surface area contributed by atoms with Crippen LogP contribution in [-0.2, 0) is 33.3 Å². The highest BCUT2D eigenvalue weighted by Gasteiger charge is 2.50. The lowest BCUT2D eigenvalue weighted by Crippen LogP contribution is -2.62. The van der Waals surface area contributed by atoms with Gasteiger partial charge in [0.25, 0.3) is 0 Å². The second-order valence-corrected chi connectivity index (χ2v) is 8.27. The molecule has 18 nitrogen and oxygen atoms in total.